The lowest BCUT2D eigenvalue weighted by molar-refractivity contribution is -0.139. The third kappa shape index (κ3) is 3.15. The predicted molar refractivity (Wildman–Crippen MR) is 98.9 cm³/mol. The summed E-state index contributed by atoms with van der Waals surface area (Å²) in [4.78, 5) is 24.7. The van der Waals surface area contributed by atoms with Gasteiger partial charge < -0.3 is 0 Å². The van der Waals surface area contributed by atoms with Crippen LogP contribution in [0.2, 0.25) is 0 Å². The van der Waals surface area contributed by atoms with Crippen molar-refractivity contribution < 1.29 is 9.59 Å². The Hall–Kier alpha value is -2.87. The molecule has 0 bridgehead atoms. The number of amides is 2. The number of carbonyl (C=O) groups excluding carboxylic acids is 2. The lowest BCUT2D eigenvalue weighted by atomic mass is 10.1. The second-order valence-electron chi connectivity index (χ2n) is 6.11. The average molecular weight is 367 g/mol. The third-order valence-corrected chi connectivity index (χ3v) is 5.37. The van der Waals surface area contributed by atoms with Crippen LogP contribution in [0.4, 0.5) is 0 Å². The van der Waals surface area contributed by atoms with Crippen LogP contribution in [0.1, 0.15) is 16.5 Å². The first kappa shape index (κ1) is 16.6. The van der Waals surface area contributed by atoms with Crippen LogP contribution in [0.5, 0.6) is 0 Å². The van der Waals surface area contributed by atoms with Gasteiger partial charge in [-0.25, -0.2) is 9.69 Å². The minimum Gasteiger partial charge on any atom is -0.272 e. The zero-order chi connectivity index (χ0) is 18.1. The van der Waals surface area contributed by atoms with E-state index in [1.807, 2.05) is 55.5 Å². The highest BCUT2D eigenvalue weighted by molar-refractivity contribution is 8.00. The van der Waals surface area contributed by atoms with Gasteiger partial charge in [-0.15, -0.1) is 16.9 Å². The van der Waals surface area contributed by atoms with E-state index in [4.69, 9.17) is 0 Å². The summed E-state index contributed by atoms with van der Waals surface area (Å²) in [6.45, 7) is 2.00. The summed E-state index contributed by atoms with van der Waals surface area (Å²) in [5, 5.41) is 9.25. The zero-order valence-corrected chi connectivity index (χ0v) is 14.9. The van der Waals surface area contributed by atoms with E-state index in [-0.39, 0.29) is 23.7 Å². The molecule has 2 aromatic carbocycles. The molecular weight excluding hydrogens is 350 g/mol. The summed E-state index contributed by atoms with van der Waals surface area (Å²) in [5.41, 5.74) is 6.35. The average Bonchev–Trinajstić information content (AvgIpc) is 3.20. The number of nitrogens with zero attached hydrogens (tertiary/aromatic N) is 4. The van der Waals surface area contributed by atoms with Crippen molar-refractivity contribution in [3.05, 3.63) is 59.7 Å². The number of aryl methyl sites for hydroxylation is 1. The molecular formula is C18H17N5O2S. The van der Waals surface area contributed by atoms with Crippen LogP contribution in [-0.4, -0.2) is 37.6 Å². The van der Waals surface area contributed by atoms with Crippen LogP contribution in [0, 0.1) is 6.92 Å². The van der Waals surface area contributed by atoms with Gasteiger partial charge in [0, 0.05) is 0 Å². The molecule has 0 saturated carbocycles. The van der Waals surface area contributed by atoms with Gasteiger partial charge in [-0.1, -0.05) is 47.2 Å². The molecule has 132 valence electrons. The Kier molecular flexibility index (Phi) is 4.34. The predicted octanol–water partition coefficient (Wildman–Crippen LogP) is 2.05. The molecule has 0 spiro atoms. The molecule has 2 amide bonds. The highest BCUT2D eigenvalue weighted by atomic mass is 32.2. The Balaban J connectivity index is 1.51. The number of nitrogens with one attached hydrogen (secondary N) is 1. The zero-order valence-electron chi connectivity index (χ0n) is 14.1. The summed E-state index contributed by atoms with van der Waals surface area (Å²) in [5.74, 6) is -0.0852. The monoisotopic (exact) mass is 367 g/mol. The molecule has 1 aromatic heterocycles. The maximum absolute atomic E-state index is 12.5. The smallest absolute Gasteiger partial charge is 0.260 e. The molecule has 1 N–H and O–H groups in total. The molecule has 0 radical (unpaired) electrons. The molecule has 2 heterocycles. The second-order valence-corrected chi connectivity index (χ2v) is 7.18. The number of para-hydroxylation sites is 1. The van der Waals surface area contributed by atoms with Crippen molar-refractivity contribution in [2.75, 3.05) is 5.75 Å². The van der Waals surface area contributed by atoms with Gasteiger partial charge in [0.25, 0.3) is 11.8 Å². The maximum Gasteiger partial charge on any atom is 0.260 e. The van der Waals surface area contributed by atoms with E-state index >= 15 is 0 Å². The van der Waals surface area contributed by atoms with Crippen molar-refractivity contribution >= 4 is 34.6 Å². The summed E-state index contributed by atoms with van der Waals surface area (Å²) < 4.78 is 1.53. The van der Waals surface area contributed by atoms with Crippen molar-refractivity contribution in [3.63, 3.8) is 0 Å². The number of aromatic nitrogens is 3. The molecule has 26 heavy (non-hydrogen) atoms. The lowest BCUT2D eigenvalue weighted by Gasteiger charge is -2.24. The van der Waals surface area contributed by atoms with E-state index in [2.05, 4.69) is 15.7 Å². The van der Waals surface area contributed by atoms with Gasteiger partial charge in [0.2, 0.25) is 0 Å². The van der Waals surface area contributed by atoms with E-state index in [1.165, 1.54) is 21.5 Å². The molecule has 4 rings (SSSR count). The molecule has 1 unspecified atom stereocenters. The molecule has 1 aliphatic heterocycles. The second kappa shape index (κ2) is 6.80. The van der Waals surface area contributed by atoms with Crippen molar-refractivity contribution in [2.45, 2.75) is 18.8 Å². The van der Waals surface area contributed by atoms with Crippen LogP contribution in [0.25, 0.3) is 11.0 Å². The van der Waals surface area contributed by atoms with Gasteiger partial charge in [-0.2, -0.15) is 0 Å². The summed E-state index contributed by atoms with van der Waals surface area (Å²) in [7, 11) is 0. The van der Waals surface area contributed by atoms with Gasteiger partial charge in [0.05, 0.1) is 11.3 Å². The summed E-state index contributed by atoms with van der Waals surface area (Å²) in [6, 6.07) is 15.4. The van der Waals surface area contributed by atoms with Crippen LogP contribution < -0.4 is 5.43 Å². The number of rotatable bonds is 4. The fraction of sp³-hybridized carbons (Fsp3) is 0.222. The van der Waals surface area contributed by atoms with Crippen molar-refractivity contribution in [1.82, 2.24) is 25.4 Å². The van der Waals surface area contributed by atoms with Crippen LogP contribution in [0.3, 0.4) is 0 Å². The van der Waals surface area contributed by atoms with Gasteiger partial charge in [-0.05, 0) is 24.6 Å². The molecule has 3 aromatic rings. The number of hydrazine groups is 1. The van der Waals surface area contributed by atoms with Crippen LogP contribution >= 0.6 is 11.8 Å². The third-order valence-electron chi connectivity index (χ3n) is 4.15. The van der Waals surface area contributed by atoms with Gasteiger partial charge >= 0.3 is 0 Å². The number of carbonyl (C=O) groups is 2. The highest BCUT2D eigenvalue weighted by Crippen LogP contribution is 2.37. The fourth-order valence-electron chi connectivity index (χ4n) is 2.95. The molecule has 8 heteroatoms. The maximum atomic E-state index is 12.5. The number of thioether (sulfide) groups is 1. The number of hydrogen-bond donors (Lipinski definition) is 1. The fourth-order valence-corrected chi connectivity index (χ4v) is 4.05. The molecule has 0 aliphatic carbocycles. The van der Waals surface area contributed by atoms with E-state index in [0.717, 1.165) is 22.2 Å². The van der Waals surface area contributed by atoms with E-state index < -0.39 is 0 Å². The number of fused-ring (bicyclic) bond motifs is 1. The first-order chi connectivity index (χ1) is 12.6. The minimum absolute atomic E-state index is 0.00447. The molecule has 7 nitrogen and oxygen atoms in total. The summed E-state index contributed by atoms with van der Waals surface area (Å²) in [6.07, 6.45) is 0. The summed E-state index contributed by atoms with van der Waals surface area (Å²) >= 11 is 1.50. The quantitative estimate of drug-likeness (QED) is 0.763. The van der Waals surface area contributed by atoms with E-state index in [0.29, 0.717) is 5.75 Å². The normalized spacial score (nSPS) is 17.0. The number of hydrogen-bond acceptors (Lipinski definition) is 5. The molecule has 1 atom stereocenters. The Morgan fingerprint density at radius 1 is 1.27 bits per heavy atom. The van der Waals surface area contributed by atoms with Gasteiger partial charge in [0.15, 0.2) is 0 Å². The van der Waals surface area contributed by atoms with Crippen LogP contribution in [-0.2, 0) is 16.1 Å². The first-order valence-electron chi connectivity index (χ1n) is 8.20. The number of benzene rings is 2. The highest BCUT2D eigenvalue weighted by Gasteiger charge is 2.34. The SMILES string of the molecule is Cc1cccc(C2SCC(=O)N2NC(=O)Cn2nnc3ccccc32)c1. The van der Waals surface area contributed by atoms with Crippen LogP contribution in [0.15, 0.2) is 48.5 Å². The van der Waals surface area contributed by atoms with E-state index in [9.17, 15) is 9.59 Å². The van der Waals surface area contributed by atoms with Crippen molar-refractivity contribution in [1.29, 1.82) is 0 Å². The first-order valence-corrected chi connectivity index (χ1v) is 9.24. The largest absolute Gasteiger partial charge is 0.272 e. The standard InChI is InChI=1S/C18H17N5O2S/c1-12-5-4-6-13(9-12)18-23(17(25)11-26-18)20-16(24)10-22-15-8-3-2-7-14(15)19-21-22/h2-9,18H,10-11H2,1H3,(H,20,24). The van der Waals surface area contributed by atoms with Crippen molar-refractivity contribution in [3.8, 4) is 0 Å². The lowest BCUT2D eigenvalue weighted by Crippen LogP contribution is -2.45. The Labute approximate surface area is 154 Å². The molecule has 1 fully saturated rings. The molecule has 1 aliphatic rings. The Morgan fingerprint density at radius 3 is 2.96 bits per heavy atom. The Morgan fingerprint density at radius 2 is 2.12 bits per heavy atom. The van der Waals surface area contributed by atoms with Crippen molar-refractivity contribution in [2.24, 2.45) is 0 Å². The topological polar surface area (TPSA) is 80.1 Å². The van der Waals surface area contributed by atoms with Gasteiger partial charge in [0.1, 0.15) is 17.4 Å². The molecule has 1 saturated heterocycles. The minimum atomic E-state index is -0.311. The van der Waals surface area contributed by atoms with E-state index in [1.54, 1.807) is 0 Å². The van der Waals surface area contributed by atoms with Gasteiger partial charge in [-0.3, -0.25) is 15.0 Å². The Bertz CT molecular complexity index is 986.